The number of aliphatic hydroxyl groups is 2. The Kier molecular flexibility index (Phi) is 7.93. The maximum absolute atomic E-state index is 11.7. The van der Waals surface area contributed by atoms with Crippen molar-refractivity contribution in [2.45, 2.75) is 111 Å². The smallest absolute Gasteiger partial charge is 0.303 e. The molecule has 10 atom stereocenters. The average molecular weight is 423 g/mol. The molecular weight excluding hydrogens is 376 g/mol. The largest absolute Gasteiger partial charge is 0.481 e. The van der Waals surface area contributed by atoms with Crippen molar-refractivity contribution in [1.82, 2.24) is 0 Å². The highest BCUT2D eigenvalue weighted by Gasteiger charge is 2.57. The Morgan fingerprint density at radius 3 is 2.53 bits per heavy atom. The number of hydrogen-bond acceptors (Lipinski definition) is 3. The fraction of sp³-hybridized carbons (Fsp3) is 0.962. The Bertz CT molecular complexity index is 577. The second-order valence-electron chi connectivity index (χ2n) is 11.4. The third kappa shape index (κ3) is 4.75. The second kappa shape index (κ2) is 9.90. The van der Waals surface area contributed by atoms with E-state index in [0.29, 0.717) is 35.5 Å². The number of aliphatic carboxylic acids is 1. The molecular formula is C26H46O4. The van der Waals surface area contributed by atoms with E-state index in [0.717, 1.165) is 38.5 Å². The predicted molar refractivity (Wildman–Crippen MR) is 120 cm³/mol. The van der Waals surface area contributed by atoms with Crippen LogP contribution in [0.2, 0.25) is 0 Å². The highest BCUT2D eigenvalue weighted by atomic mass is 16.4. The van der Waals surface area contributed by atoms with Crippen molar-refractivity contribution in [3.8, 4) is 0 Å². The number of rotatable bonds is 5. The Hall–Kier alpha value is -0.610. The van der Waals surface area contributed by atoms with Crippen LogP contribution in [-0.4, -0.2) is 33.5 Å². The quantitative estimate of drug-likeness (QED) is 0.546. The summed E-state index contributed by atoms with van der Waals surface area (Å²) in [4.78, 5) is 11.1. The van der Waals surface area contributed by atoms with Crippen LogP contribution in [0.15, 0.2) is 0 Å². The number of hydrogen-bond donors (Lipinski definition) is 3. The molecule has 0 amide bonds. The number of carbonyl (C=O) groups is 1. The maximum Gasteiger partial charge on any atom is 0.303 e. The van der Waals surface area contributed by atoms with Crippen LogP contribution in [-0.2, 0) is 4.79 Å². The van der Waals surface area contributed by atoms with Gasteiger partial charge in [-0.1, -0.05) is 40.5 Å². The summed E-state index contributed by atoms with van der Waals surface area (Å²) < 4.78 is 0. The van der Waals surface area contributed by atoms with Crippen LogP contribution in [0.4, 0.5) is 0 Å². The van der Waals surface area contributed by atoms with Gasteiger partial charge in [-0.3, -0.25) is 4.79 Å². The van der Waals surface area contributed by atoms with E-state index < -0.39 is 5.97 Å². The van der Waals surface area contributed by atoms with Crippen LogP contribution in [0.25, 0.3) is 0 Å². The molecule has 0 bridgehead atoms. The van der Waals surface area contributed by atoms with Crippen LogP contribution in [0.1, 0.15) is 98.3 Å². The van der Waals surface area contributed by atoms with Crippen LogP contribution in [0.3, 0.4) is 0 Å². The monoisotopic (exact) mass is 422 g/mol. The van der Waals surface area contributed by atoms with Gasteiger partial charge >= 0.3 is 5.97 Å². The minimum Gasteiger partial charge on any atom is -0.481 e. The minimum absolute atomic E-state index is 0.224. The molecule has 0 aromatic heterocycles. The predicted octanol–water partition coefficient (Wildman–Crippen LogP) is 5.50. The van der Waals surface area contributed by atoms with Gasteiger partial charge in [-0.25, -0.2) is 0 Å². The van der Waals surface area contributed by atoms with Crippen molar-refractivity contribution in [2.75, 3.05) is 0 Å². The molecule has 0 aromatic rings. The SMILES string of the molecule is CC[C@@H]1C(C)C[C@H](O)CCC[C@H]2CCC3(C)C([C@H](C)CCC(=O)O)CC[C@H]3[C@@H]2[C@@H]1O. The standard InChI is InChI=1S/C26H46O4/c1-5-20-17(3)15-19(27)8-6-7-18-13-14-26(4)21(16(2)9-12-23(28)29)10-11-22(26)24(18)25(20)30/h16-22,24-25,27,30H,5-15H2,1-4H3,(H,28,29)/t16-,17?,18+,19-,20-,21?,22+,24-,25-,26?/m1/s1. The van der Waals surface area contributed by atoms with Crippen LogP contribution >= 0.6 is 0 Å². The Balaban J connectivity index is 1.84. The van der Waals surface area contributed by atoms with E-state index >= 15 is 0 Å². The molecule has 3 fully saturated rings. The third-order valence-electron chi connectivity index (χ3n) is 9.84. The van der Waals surface area contributed by atoms with E-state index in [1.165, 1.54) is 25.7 Å². The van der Waals surface area contributed by atoms with Crippen molar-refractivity contribution < 1.29 is 20.1 Å². The number of carboxylic acid groups (broad SMARTS) is 1. The van der Waals surface area contributed by atoms with Gasteiger partial charge in [-0.2, -0.15) is 0 Å². The summed E-state index contributed by atoms with van der Waals surface area (Å²) in [7, 11) is 0. The van der Waals surface area contributed by atoms with Crippen molar-refractivity contribution in [2.24, 2.45) is 46.8 Å². The summed E-state index contributed by atoms with van der Waals surface area (Å²) in [6.45, 7) is 9.15. The van der Waals surface area contributed by atoms with Crippen molar-refractivity contribution >= 4 is 5.97 Å². The minimum atomic E-state index is -0.685. The van der Waals surface area contributed by atoms with Crippen LogP contribution < -0.4 is 0 Å². The summed E-state index contributed by atoms with van der Waals surface area (Å²) in [6, 6.07) is 0. The van der Waals surface area contributed by atoms with Gasteiger partial charge in [0.05, 0.1) is 12.2 Å². The van der Waals surface area contributed by atoms with E-state index in [-0.39, 0.29) is 30.0 Å². The molecule has 0 saturated heterocycles. The lowest BCUT2D eigenvalue weighted by Gasteiger charge is -2.53. The zero-order valence-electron chi connectivity index (χ0n) is 19.7. The van der Waals surface area contributed by atoms with Gasteiger partial charge in [0.25, 0.3) is 0 Å². The first-order chi connectivity index (χ1) is 14.2. The molecule has 0 spiro atoms. The lowest BCUT2D eigenvalue weighted by atomic mass is 9.53. The fourth-order valence-electron chi connectivity index (χ4n) is 8.26. The normalized spacial score (nSPS) is 45.9. The molecule has 3 N–H and O–H groups in total. The molecule has 3 aliphatic rings. The van der Waals surface area contributed by atoms with Gasteiger partial charge in [0, 0.05) is 6.42 Å². The fourth-order valence-corrected chi connectivity index (χ4v) is 8.26. The molecule has 3 rings (SSSR count). The van der Waals surface area contributed by atoms with E-state index in [4.69, 9.17) is 5.11 Å². The summed E-state index contributed by atoms with van der Waals surface area (Å²) in [5, 5.41) is 31.3. The Morgan fingerprint density at radius 1 is 1.13 bits per heavy atom. The highest BCUT2D eigenvalue weighted by molar-refractivity contribution is 5.66. The molecule has 0 aromatic carbocycles. The molecule has 0 heterocycles. The van der Waals surface area contributed by atoms with Crippen molar-refractivity contribution in [3.05, 3.63) is 0 Å². The topological polar surface area (TPSA) is 77.8 Å². The number of carboxylic acids is 1. The van der Waals surface area contributed by atoms with Crippen molar-refractivity contribution in [1.29, 1.82) is 0 Å². The summed E-state index contributed by atoms with van der Waals surface area (Å²) >= 11 is 0. The van der Waals surface area contributed by atoms with E-state index in [9.17, 15) is 15.0 Å². The number of aliphatic hydroxyl groups excluding tert-OH is 2. The summed E-state index contributed by atoms with van der Waals surface area (Å²) in [5.74, 6) is 2.41. The lowest BCUT2D eigenvalue weighted by Crippen LogP contribution is -2.50. The third-order valence-corrected chi connectivity index (χ3v) is 9.84. The summed E-state index contributed by atoms with van der Waals surface area (Å²) in [6.07, 6.45) is 10.2. The maximum atomic E-state index is 11.7. The first kappa shape index (κ1) is 24.0. The van der Waals surface area contributed by atoms with Crippen LogP contribution in [0.5, 0.6) is 0 Å². The Morgan fingerprint density at radius 2 is 1.87 bits per heavy atom. The number of fused-ring (bicyclic) bond motifs is 3. The molecule has 174 valence electrons. The molecule has 30 heavy (non-hydrogen) atoms. The van der Waals surface area contributed by atoms with Crippen LogP contribution in [0, 0.1) is 46.8 Å². The van der Waals surface area contributed by atoms with Crippen molar-refractivity contribution in [3.63, 3.8) is 0 Å². The van der Waals surface area contributed by atoms with Gasteiger partial charge < -0.3 is 15.3 Å². The molecule has 4 heteroatoms. The summed E-state index contributed by atoms with van der Waals surface area (Å²) in [5.41, 5.74) is 0.227. The molecule has 4 nitrogen and oxygen atoms in total. The second-order valence-corrected chi connectivity index (χ2v) is 11.4. The molecule has 3 saturated carbocycles. The van der Waals surface area contributed by atoms with Gasteiger partial charge in [-0.15, -0.1) is 0 Å². The van der Waals surface area contributed by atoms with E-state index in [1.54, 1.807) is 0 Å². The van der Waals surface area contributed by atoms with E-state index in [1.807, 2.05) is 0 Å². The first-order valence-electron chi connectivity index (χ1n) is 12.8. The van der Waals surface area contributed by atoms with Gasteiger partial charge in [0.15, 0.2) is 0 Å². The Labute approximate surface area is 183 Å². The van der Waals surface area contributed by atoms with Gasteiger partial charge in [0.1, 0.15) is 0 Å². The molecule has 3 aliphatic carbocycles. The average Bonchev–Trinajstić information content (AvgIpc) is 3.03. The lowest BCUT2D eigenvalue weighted by molar-refractivity contribution is -0.137. The van der Waals surface area contributed by atoms with Gasteiger partial charge in [-0.05, 0) is 98.2 Å². The van der Waals surface area contributed by atoms with E-state index in [2.05, 4.69) is 27.7 Å². The molecule has 0 aliphatic heterocycles. The zero-order chi connectivity index (χ0) is 22.1. The van der Waals surface area contributed by atoms with Gasteiger partial charge in [0.2, 0.25) is 0 Å². The molecule has 3 unspecified atom stereocenters. The molecule has 0 radical (unpaired) electrons. The zero-order valence-corrected chi connectivity index (χ0v) is 19.7. The highest BCUT2D eigenvalue weighted by Crippen LogP contribution is 2.63. The first-order valence-corrected chi connectivity index (χ1v) is 12.8.